The molecule has 0 aliphatic carbocycles. The number of amides is 1. The van der Waals surface area contributed by atoms with Gasteiger partial charge in [0.25, 0.3) is 0 Å². The zero-order valence-corrected chi connectivity index (χ0v) is 23.5. The third-order valence-corrected chi connectivity index (χ3v) is 8.00. The van der Waals surface area contributed by atoms with Crippen LogP contribution in [-0.2, 0) is 19.1 Å². The standard InChI is InChI=1S/C19H22F5N3O2S.C7H10N2O2/c1-19(12-29-13-19)11-26-18(28)17(14-4-3-9-25-10-14)27(2)15-5-7-16(8-6-15)30(20,21,22,23)24;1-11-7-2-6(4-10)9(3-7)5-8/h3-10,17H,11-13H2,1-2H3,(H,26,28);4,6-7H,2-3H2,1H3. The number of aromatic nitrogens is 1. The van der Waals surface area contributed by atoms with E-state index in [9.17, 15) is 29.0 Å². The first-order chi connectivity index (χ1) is 19.0. The van der Waals surface area contributed by atoms with E-state index < -0.39 is 27.1 Å². The Labute approximate surface area is 234 Å². The van der Waals surface area contributed by atoms with Crippen molar-refractivity contribution in [1.82, 2.24) is 15.2 Å². The van der Waals surface area contributed by atoms with E-state index in [0.717, 1.165) is 18.4 Å². The summed E-state index contributed by atoms with van der Waals surface area (Å²) in [5.74, 6) is -0.393. The predicted octanol–water partition coefficient (Wildman–Crippen LogP) is 4.82. The summed E-state index contributed by atoms with van der Waals surface area (Å²) in [6, 6.07) is 4.60. The molecule has 0 radical (unpaired) electrons. The van der Waals surface area contributed by atoms with Crippen LogP contribution < -0.4 is 10.2 Å². The van der Waals surface area contributed by atoms with Crippen LogP contribution >= 0.6 is 10.2 Å². The predicted molar refractivity (Wildman–Crippen MR) is 143 cm³/mol. The molecule has 1 aromatic heterocycles. The van der Waals surface area contributed by atoms with E-state index in [0.29, 0.717) is 50.4 Å². The second-order valence-electron chi connectivity index (χ2n) is 10.3. The quantitative estimate of drug-likeness (QED) is 0.246. The molecule has 2 aliphatic heterocycles. The number of nitriles is 1. The minimum Gasteiger partial charge on any atom is -0.380 e. The normalized spacial score (nSPS) is 22.0. The molecule has 2 aliphatic rings. The number of hydrogen-bond donors (Lipinski definition) is 1. The van der Waals surface area contributed by atoms with Crippen LogP contribution in [0.3, 0.4) is 0 Å². The highest BCUT2D eigenvalue weighted by molar-refractivity contribution is 8.45. The molecular formula is C26H32F5N5O4S. The Hall–Kier alpha value is -3.48. The van der Waals surface area contributed by atoms with Gasteiger partial charge < -0.3 is 24.5 Å². The van der Waals surface area contributed by atoms with Crippen LogP contribution in [0.1, 0.15) is 24.9 Å². The number of methoxy groups -OCH3 is 1. The smallest absolute Gasteiger partial charge is 0.310 e. The highest BCUT2D eigenvalue weighted by Gasteiger charge is 2.65. The number of likely N-dealkylation sites (tertiary alicyclic amines) is 1. The molecule has 226 valence electrons. The number of aldehydes is 1. The van der Waals surface area contributed by atoms with Crippen LogP contribution in [0.25, 0.3) is 0 Å². The van der Waals surface area contributed by atoms with Crippen LogP contribution in [0.2, 0.25) is 0 Å². The second-order valence-corrected chi connectivity index (χ2v) is 12.7. The van der Waals surface area contributed by atoms with Gasteiger partial charge in [-0.2, -0.15) is 5.26 Å². The van der Waals surface area contributed by atoms with E-state index in [1.165, 1.54) is 29.2 Å². The molecule has 1 N–H and O–H groups in total. The first-order valence-corrected chi connectivity index (χ1v) is 14.4. The van der Waals surface area contributed by atoms with E-state index in [4.69, 9.17) is 14.7 Å². The Kier molecular flexibility index (Phi) is 8.92. The minimum absolute atomic E-state index is 0.0323. The first kappa shape index (κ1) is 32.0. The Balaban J connectivity index is 0.000000352. The van der Waals surface area contributed by atoms with Crippen molar-refractivity contribution >= 4 is 28.1 Å². The lowest BCUT2D eigenvalue weighted by Crippen LogP contribution is -2.50. The van der Waals surface area contributed by atoms with Crippen LogP contribution in [0.5, 0.6) is 0 Å². The summed E-state index contributed by atoms with van der Waals surface area (Å²) in [6.07, 6.45) is 6.40. The number of rotatable bonds is 9. The van der Waals surface area contributed by atoms with Gasteiger partial charge in [-0.3, -0.25) is 14.7 Å². The number of benzene rings is 1. The van der Waals surface area contributed by atoms with E-state index in [1.807, 2.05) is 13.1 Å². The molecule has 2 saturated heterocycles. The van der Waals surface area contributed by atoms with Gasteiger partial charge in [0.2, 0.25) is 5.91 Å². The Morgan fingerprint density at radius 3 is 2.39 bits per heavy atom. The summed E-state index contributed by atoms with van der Waals surface area (Å²) in [5.41, 5.74) is 0.490. The monoisotopic (exact) mass is 605 g/mol. The highest BCUT2D eigenvalue weighted by atomic mass is 32.5. The van der Waals surface area contributed by atoms with Crippen molar-refractivity contribution in [2.45, 2.75) is 36.4 Å². The van der Waals surface area contributed by atoms with Crippen molar-refractivity contribution in [2.24, 2.45) is 5.41 Å². The summed E-state index contributed by atoms with van der Waals surface area (Å²) in [4.78, 5) is 28.2. The van der Waals surface area contributed by atoms with Crippen molar-refractivity contribution in [2.75, 3.05) is 45.4 Å². The number of anilines is 1. The number of nitrogens with one attached hydrogen (secondary N) is 1. The van der Waals surface area contributed by atoms with Gasteiger partial charge in [-0.05, 0) is 30.3 Å². The molecule has 15 heteroatoms. The minimum atomic E-state index is -9.77. The molecule has 1 amide bonds. The molecule has 2 aromatic rings. The summed E-state index contributed by atoms with van der Waals surface area (Å²) < 4.78 is 75.1. The lowest BCUT2D eigenvalue weighted by Gasteiger charge is -2.41. The zero-order chi connectivity index (χ0) is 30.5. The molecule has 4 rings (SSSR count). The van der Waals surface area contributed by atoms with Crippen molar-refractivity contribution in [3.05, 3.63) is 54.4 Å². The van der Waals surface area contributed by atoms with Crippen molar-refractivity contribution in [3.8, 4) is 6.19 Å². The maximum Gasteiger partial charge on any atom is 0.310 e. The number of carbonyl (C=O) groups excluding carboxylic acids is 2. The molecule has 9 nitrogen and oxygen atoms in total. The molecule has 0 bridgehead atoms. The van der Waals surface area contributed by atoms with E-state index in [-0.39, 0.29) is 23.2 Å². The number of nitrogens with zero attached hydrogens (tertiary/aromatic N) is 4. The Bertz CT molecular complexity index is 1260. The van der Waals surface area contributed by atoms with Gasteiger partial charge in [-0.25, -0.2) is 0 Å². The molecule has 1 aromatic carbocycles. The molecule has 41 heavy (non-hydrogen) atoms. The topological polar surface area (TPSA) is 108 Å². The van der Waals surface area contributed by atoms with E-state index in [2.05, 4.69) is 10.3 Å². The summed E-state index contributed by atoms with van der Waals surface area (Å²) in [7, 11) is -6.68. The fourth-order valence-electron chi connectivity index (χ4n) is 4.37. The molecule has 3 atom stereocenters. The maximum atomic E-state index is 13.0. The van der Waals surface area contributed by atoms with Gasteiger partial charge in [0.05, 0.1) is 31.9 Å². The van der Waals surface area contributed by atoms with E-state index in [1.54, 1.807) is 19.2 Å². The van der Waals surface area contributed by atoms with Crippen LogP contribution in [0, 0.1) is 16.9 Å². The molecule has 3 unspecified atom stereocenters. The second kappa shape index (κ2) is 11.4. The van der Waals surface area contributed by atoms with Gasteiger partial charge in [0.15, 0.2) is 6.19 Å². The fraction of sp³-hybridized carbons (Fsp3) is 0.462. The molecule has 3 heterocycles. The van der Waals surface area contributed by atoms with Gasteiger partial charge in [-0.15, -0.1) is 0 Å². The number of pyridine rings is 1. The van der Waals surface area contributed by atoms with Crippen LogP contribution in [0.4, 0.5) is 25.1 Å². The third-order valence-electron chi connectivity index (χ3n) is 6.84. The third kappa shape index (κ3) is 8.27. The molecule has 0 saturated carbocycles. The lowest BCUT2D eigenvalue weighted by molar-refractivity contribution is -0.128. The number of carbonyl (C=O) groups is 2. The van der Waals surface area contributed by atoms with Crippen LogP contribution in [0.15, 0.2) is 53.7 Å². The average molecular weight is 606 g/mol. The number of ether oxygens (including phenoxy) is 2. The van der Waals surface area contributed by atoms with Crippen molar-refractivity contribution < 1.29 is 38.5 Å². The number of likely N-dealkylation sites (N-methyl/N-ethyl adjacent to an activating group) is 1. The largest absolute Gasteiger partial charge is 0.380 e. The van der Waals surface area contributed by atoms with Gasteiger partial charge in [0, 0.05) is 56.2 Å². The SMILES string of the molecule is CN(c1ccc(S(F)(F)(F)(F)F)cc1)C(C(=O)NCC1(C)COC1)c1cccnc1.COC1CC(C=O)N(C#N)C1. The molecule has 2 fully saturated rings. The summed E-state index contributed by atoms with van der Waals surface area (Å²) in [6.45, 7) is 3.88. The number of hydrogen-bond acceptors (Lipinski definition) is 8. The van der Waals surface area contributed by atoms with Gasteiger partial charge in [0.1, 0.15) is 17.2 Å². The number of halogens is 5. The molecule has 0 spiro atoms. The fourth-order valence-corrected chi connectivity index (χ4v) is 5.02. The summed E-state index contributed by atoms with van der Waals surface area (Å²) >= 11 is 0. The van der Waals surface area contributed by atoms with Crippen molar-refractivity contribution in [1.29, 1.82) is 5.26 Å². The van der Waals surface area contributed by atoms with Crippen LogP contribution in [-0.4, -0.2) is 74.7 Å². The Morgan fingerprint density at radius 2 is 1.95 bits per heavy atom. The average Bonchev–Trinajstić information content (AvgIpc) is 3.33. The van der Waals surface area contributed by atoms with E-state index >= 15 is 0 Å². The van der Waals surface area contributed by atoms with Gasteiger partial charge >= 0.3 is 10.2 Å². The highest BCUT2D eigenvalue weighted by Crippen LogP contribution is 3.02. The first-order valence-electron chi connectivity index (χ1n) is 12.5. The van der Waals surface area contributed by atoms with Crippen molar-refractivity contribution in [3.63, 3.8) is 0 Å². The zero-order valence-electron chi connectivity index (χ0n) is 22.7. The Morgan fingerprint density at radius 1 is 1.29 bits per heavy atom. The maximum absolute atomic E-state index is 13.0. The van der Waals surface area contributed by atoms with Gasteiger partial charge in [-0.1, -0.05) is 32.4 Å². The lowest BCUT2D eigenvalue weighted by atomic mass is 9.88. The molecular weight excluding hydrogens is 573 g/mol. The summed E-state index contributed by atoms with van der Waals surface area (Å²) in [5, 5.41) is 11.4.